The molecule has 0 fully saturated rings. The Kier molecular flexibility index (Phi) is 5.38. The molecule has 4 aromatic carbocycles. The van der Waals surface area contributed by atoms with Crippen LogP contribution in [0.2, 0.25) is 0 Å². The van der Waals surface area contributed by atoms with Gasteiger partial charge in [0.1, 0.15) is 11.4 Å². The molecule has 0 spiro atoms. The molecule has 1 aliphatic heterocycles. The maximum absolute atomic E-state index is 13.9. The second kappa shape index (κ2) is 8.52. The van der Waals surface area contributed by atoms with Gasteiger partial charge in [-0.1, -0.05) is 60.7 Å². The van der Waals surface area contributed by atoms with Crippen molar-refractivity contribution in [2.75, 3.05) is 17.3 Å². The minimum Gasteiger partial charge on any atom is -0.496 e. The fourth-order valence-corrected chi connectivity index (χ4v) is 4.33. The minimum absolute atomic E-state index is 0.227. The van der Waals surface area contributed by atoms with Crippen LogP contribution < -0.4 is 15.0 Å². The number of benzene rings is 4. The summed E-state index contributed by atoms with van der Waals surface area (Å²) in [6, 6.07) is 26.5. The van der Waals surface area contributed by atoms with Gasteiger partial charge < -0.3 is 10.1 Å². The van der Waals surface area contributed by atoms with Crippen LogP contribution in [0.4, 0.5) is 11.4 Å². The van der Waals surface area contributed by atoms with E-state index < -0.39 is 11.8 Å². The van der Waals surface area contributed by atoms with Crippen molar-refractivity contribution in [2.45, 2.75) is 13.8 Å². The summed E-state index contributed by atoms with van der Waals surface area (Å²) in [5.74, 6) is -0.268. The van der Waals surface area contributed by atoms with Crippen LogP contribution in [-0.4, -0.2) is 18.9 Å². The van der Waals surface area contributed by atoms with Crippen LogP contribution >= 0.6 is 0 Å². The molecular weight excluding hydrogens is 424 g/mol. The van der Waals surface area contributed by atoms with Crippen LogP contribution in [-0.2, 0) is 9.59 Å². The molecule has 1 heterocycles. The fraction of sp³-hybridized carbons (Fsp3) is 0.103. The van der Waals surface area contributed by atoms with Gasteiger partial charge in [-0.15, -0.1) is 0 Å². The molecule has 5 nitrogen and oxygen atoms in total. The highest BCUT2D eigenvalue weighted by atomic mass is 16.5. The molecule has 2 amide bonds. The van der Waals surface area contributed by atoms with Gasteiger partial charge in [0.15, 0.2) is 0 Å². The van der Waals surface area contributed by atoms with Crippen molar-refractivity contribution in [3.63, 3.8) is 0 Å². The zero-order valence-corrected chi connectivity index (χ0v) is 19.3. The molecule has 0 saturated carbocycles. The topological polar surface area (TPSA) is 58.6 Å². The predicted octanol–water partition coefficient (Wildman–Crippen LogP) is 5.86. The van der Waals surface area contributed by atoms with E-state index in [0.29, 0.717) is 17.0 Å². The average molecular weight is 449 g/mol. The van der Waals surface area contributed by atoms with Crippen molar-refractivity contribution in [3.8, 4) is 5.75 Å². The van der Waals surface area contributed by atoms with Crippen LogP contribution in [0, 0.1) is 13.8 Å². The molecule has 0 radical (unpaired) electrons. The smallest absolute Gasteiger partial charge is 0.282 e. The van der Waals surface area contributed by atoms with E-state index in [1.807, 2.05) is 80.6 Å². The number of nitrogens with zero attached hydrogens (tertiary/aromatic N) is 1. The molecule has 168 valence electrons. The lowest BCUT2D eigenvalue weighted by atomic mass is 10.0. The quantitative estimate of drug-likeness (QED) is 0.389. The fourth-order valence-electron chi connectivity index (χ4n) is 4.33. The van der Waals surface area contributed by atoms with Crippen molar-refractivity contribution in [2.24, 2.45) is 0 Å². The number of anilines is 2. The van der Waals surface area contributed by atoms with Crippen LogP contribution in [0.15, 0.2) is 90.6 Å². The normalized spacial score (nSPS) is 13.7. The van der Waals surface area contributed by atoms with Crippen molar-refractivity contribution in [1.82, 2.24) is 0 Å². The molecular formula is C29H24N2O3. The van der Waals surface area contributed by atoms with Crippen LogP contribution in [0.5, 0.6) is 5.75 Å². The Morgan fingerprint density at radius 1 is 0.765 bits per heavy atom. The number of hydrogen-bond donors (Lipinski definition) is 1. The van der Waals surface area contributed by atoms with Crippen molar-refractivity contribution in [3.05, 3.63) is 107 Å². The van der Waals surface area contributed by atoms with Gasteiger partial charge in [-0.05, 0) is 54.6 Å². The highest BCUT2D eigenvalue weighted by Gasteiger charge is 2.41. The average Bonchev–Trinajstić information content (AvgIpc) is 3.09. The van der Waals surface area contributed by atoms with Crippen LogP contribution in [0.25, 0.3) is 16.3 Å². The number of nitrogens with one attached hydrogen (secondary N) is 1. The number of fused-ring (bicyclic) bond motifs is 1. The van der Waals surface area contributed by atoms with Gasteiger partial charge in [0.2, 0.25) is 0 Å². The molecule has 5 heteroatoms. The van der Waals surface area contributed by atoms with Gasteiger partial charge in [-0.25, -0.2) is 4.90 Å². The molecule has 1 N–H and O–H groups in total. The number of carbonyl (C=O) groups is 2. The number of ether oxygens (including phenoxy) is 1. The molecule has 0 atom stereocenters. The highest BCUT2D eigenvalue weighted by Crippen LogP contribution is 2.39. The predicted molar refractivity (Wildman–Crippen MR) is 136 cm³/mol. The third-order valence-electron chi connectivity index (χ3n) is 6.24. The Balaban J connectivity index is 1.69. The number of rotatable bonds is 5. The van der Waals surface area contributed by atoms with E-state index in [4.69, 9.17) is 4.74 Å². The first-order chi connectivity index (χ1) is 16.5. The molecule has 34 heavy (non-hydrogen) atoms. The van der Waals surface area contributed by atoms with E-state index in [1.165, 1.54) is 4.90 Å². The van der Waals surface area contributed by atoms with Crippen LogP contribution in [0.1, 0.15) is 16.7 Å². The third-order valence-corrected chi connectivity index (χ3v) is 6.24. The molecule has 0 aromatic heterocycles. The molecule has 5 rings (SSSR count). The number of para-hydroxylation sites is 1. The van der Waals surface area contributed by atoms with Gasteiger partial charge in [0.05, 0.1) is 18.4 Å². The van der Waals surface area contributed by atoms with Crippen LogP contribution in [0.3, 0.4) is 0 Å². The van der Waals surface area contributed by atoms with E-state index in [0.717, 1.165) is 27.6 Å². The first kappa shape index (κ1) is 21.5. The summed E-state index contributed by atoms with van der Waals surface area (Å²) in [4.78, 5) is 29.0. The Morgan fingerprint density at radius 3 is 2.29 bits per heavy atom. The zero-order valence-electron chi connectivity index (χ0n) is 19.3. The molecule has 1 aliphatic rings. The lowest BCUT2D eigenvalue weighted by molar-refractivity contribution is -0.120. The number of aryl methyl sites for hydroxylation is 2. The summed E-state index contributed by atoms with van der Waals surface area (Å²) in [6.07, 6.45) is 0. The molecule has 0 unspecified atom stereocenters. The summed E-state index contributed by atoms with van der Waals surface area (Å²) in [7, 11) is 1.56. The first-order valence-corrected chi connectivity index (χ1v) is 11.1. The summed E-state index contributed by atoms with van der Waals surface area (Å²) >= 11 is 0. The number of methoxy groups -OCH3 is 1. The zero-order chi connectivity index (χ0) is 23.8. The third kappa shape index (κ3) is 3.52. The van der Waals surface area contributed by atoms with Gasteiger partial charge in [0.25, 0.3) is 11.8 Å². The summed E-state index contributed by atoms with van der Waals surface area (Å²) in [5, 5.41) is 5.03. The lowest BCUT2D eigenvalue weighted by Crippen LogP contribution is -2.32. The monoisotopic (exact) mass is 448 g/mol. The second-order valence-corrected chi connectivity index (χ2v) is 8.32. The SMILES string of the molecule is COc1ccccc1C1=C(Nc2ccc(C)c(C)c2)C(=O)N(c2cccc3ccccc23)C1=O. The largest absolute Gasteiger partial charge is 0.496 e. The second-order valence-electron chi connectivity index (χ2n) is 8.32. The van der Waals surface area contributed by atoms with Gasteiger partial charge in [-0.2, -0.15) is 0 Å². The van der Waals surface area contributed by atoms with E-state index >= 15 is 0 Å². The maximum atomic E-state index is 13.9. The lowest BCUT2D eigenvalue weighted by Gasteiger charge is -2.18. The Morgan fingerprint density at radius 2 is 1.50 bits per heavy atom. The number of hydrogen-bond acceptors (Lipinski definition) is 4. The maximum Gasteiger partial charge on any atom is 0.282 e. The summed E-state index contributed by atoms with van der Waals surface area (Å²) in [5.41, 5.74) is 4.61. The van der Waals surface area contributed by atoms with Crippen molar-refractivity contribution in [1.29, 1.82) is 0 Å². The molecule has 0 saturated heterocycles. The number of imide groups is 1. The Labute approximate surface area is 198 Å². The number of amides is 2. The van der Waals surface area contributed by atoms with E-state index in [1.54, 1.807) is 25.3 Å². The Bertz CT molecular complexity index is 1480. The minimum atomic E-state index is -0.402. The molecule has 0 aliphatic carbocycles. The van der Waals surface area contributed by atoms with E-state index in [9.17, 15) is 9.59 Å². The van der Waals surface area contributed by atoms with Crippen molar-refractivity contribution < 1.29 is 14.3 Å². The van der Waals surface area contributed by atoms with E-state index in [2.05, 4.69) is 5.32 Å². The number of carbonyl (C=O) groups excluding carboxylic acids is 2. The van der Waals surface area contributed by atoms with Gasteiger partial charge in [0, 0.05) is 16.6 Å². The van der Waals surface area contributed by atoms with E-state index in [-0.39, 0.29) is 11.3 Å². The highest BCUT2D eigenvalue weighted by molar-refractivity contribution is 6.47. The molecule has 0 bridgehead atoms. The first-order valence-electron chi connectivity index (χ1n) is 11.1. The van der Waals surface area contributed by atoms with Crippen molar-refractivity contribution >= 4 is 39.5 Å². The van der Waals surface area contributed by atoms with Gasteiger partial charge in [-0.3, -0.25) is 9.59 Å². The van der Waals surface area contributed by atoms with Gasteiger partial charge >= 0.3 is 0 Å². The summed E-state index contributed by atoms with van der Waals surface area (Å²) in [6.45, 7) is 4.05. The standard InChI is InChI=1S/C29H24N2O3/c1-18-15-16-21(17-19(18)2)30-27-26(23-12-6-7-14-25(23)34-3)28(32)31(29(27)33)24-13-8-10-20-9-4-5-11-22(20)24/h4-17,30H,1-3H3. The molecule has 4 aromatic rings. The summed E-state index contributed by atoms with van der Waals surface area (Å²) < 4.78 is 5.54. The Hall–Kier alpha value is -4.38.